The molecule has 2 aromatic carbocycles. The van der Waals surface area contributed by atoms with E-state index in [0.29, 0.717) is 30.2 Å². The highest BCUT2D eigenvalue weighted by atomic mass is 16.5. The van der Waals surface area contributed by atoms with E-state index in [9.17, 15) is 9.59 Å². The molecule has 0 bridgehead atoms. The second-order valence-electron chi connectivity index (χ2n) is 6.19. The number of rotatable bonds is 8. The van der Waals surface area contributed by atoms with Crippen LogP contribution in [0.5, 0.6) is 0 Å². The Labute approximate surface area is 169 Å². The fourth-order valence-corrected chi connectivity index (χ4v) is 2.69. The van der Waals surface area contributed by atoms with Crippen molar-refractivity contribution in [2.45, 2.75) is 13.3 Å². The molecule has 2 N–H and O–H groups in total. The van der Waals surface area contributed by atoms with E-state index >= 15 is 0 Å². The number of hydrogen-bond donors (Lipinski definition) is 2. The van der Waals surface area contributed by atoms with Crippen LogP contribution in [0.4, 0.5) is 11.5 Å². The van der Waals surface area contributed by atoms with Gasteiger partial charge in [-0.1, -0.05) is 42.5 Å². The second-order valence-corrected chi connectivity index (χ2v) is 6.19. The number of aromatic nitrogens is 2. The number of anilines is 2. The maximum atomic E-state index is 12.2. The molecule has 1 heterocycles. The van der Waals surface area contributed by atoms with Crippen LogP contribution in [0.1, 0.15) is 33.3 Å². The van der Waals surface area contributed by atoms with Gasteiger partial charge in [-0.2, -0.15) is 0 Å². The summed E-state index contributed by atoms with van der Waals surface area (Å²) in [6.07, 6.45) is 0.740. The highest BCUT2D eigenvalue weighted by Crippen LogP contribution is 2.20. The first-order valence-corrected chi connectivity index (χ1v) is 9.36. The molecule has 0 spiro atoms. The van der Waals surface area contributed by atoms with E-state index < -0.39 is 5.97 Å². The van der Waals surface area contributed by atoms with Crippen LogP contribution in [0.2, 0.25) is 0 Å². The molecule has 3 rings (SSSR count). The first-order valence-electron chi connectivity index (χ1n) is 9.36. The lowest BCUT2D eigenvalue weighted by Gasteiger charge is -2.10. The fourth-order valence-electron chi connectivity index (χ4n) is 2.69. The number of benzene rings is 2. The van der Waals surface area contributed by atoms with Gasteiger partial charge >= 0.3 is 5.97 Å². The van der Waals surface area contributed by atoms with Crippen molar-refractivity contribution in [3.8, 4) is 0 Å². The molecule has 0 aliphatic carbocycles. The monoisotopic (exact) mass is 390 g/mol. The molecule has 7 heteroatoms. The molecule has 1 aromatic heterocycles. The number of carbonyl (C=O) groups is 2. The number of para-hydroxylation sites is 1. The summed E-state index contributed by atoms with van der Waals surface area (Å²) < 4.78 is 5.06. The predicted molar refractivity (Wildman–Crippen MR) is 110 cm³/mol. The normalized spacial score (nSPS) is 10.2. The van der Waals surface area contributed by atoms with E-state index in [1.54, 1.807) is 43.3 Å². The second kappa shape index (κ2) is 9.98. The zero-order chi connectivity index (χ0) is 20.5. The number of esters is 1. The number of ether oxygens (including phenoxy) is 1. The van der Waals surface area contributed by atoms with Crippen molar-refractivity contribution in [3.63, 3.8) is 0 Å². The Morgan fingerprint density at radius 2 is 1.69 bits per heavy atom. The summed E-state index contributed by atoms with van der Waals surface area (Å²) in [6.45, 7) is 2.56. The maximum Gasteiger partial charge on any atom is 0.340 e. The number of hydrogen-bond acceptors (Lipinski definition) is 6. The molecular weight excluding hydrogens is 368 g/mol. The van der Waals surface area contributed by atoms with Crippen LogP contribution >= 0.6 is 0 Å². The van der Waals surface area contributed by atoms with E-state index in [1.165, 1.54) is 0 Å². The lowest BCUT2D eigenvalue weighted by atomic mass is 10.1. The van der Waals surface area contributed by atoms with E-state index in [0.717, 1.165) is 12.0 Å². The van der Waals surface area contributed by atoms with Gasteiger partial charge in [0.1, 0.15) is 0 Å². The van der Waals surface area contributed by atoms with Gasteiger partial charge in [0, 0.05) is 6.54 Å². The highest BCUT2D eigenvalue weighted by Gasteiger charge is 2.13. The molecule has 3 aromatic rings. The topological polar surface area (TPSA) is 93.2 Å². The van der Waals surface area contributed by atoms with Crippen molar-refractivity contribution >= 4 is 23.4 Å². The molecule has 0 saturated heterocycles. The standard InChI is InChI=1S/C22H22N4O3/c1-2-29-22(28)17-10-6-7-11-18(17)24-20-13-12-19(25-26-20)21(27)23-15-14-16-8-4-3-5-9-16/h3-13H,2,14-15H2,1H3,(H,23,27)(H,24,26). The quantitative estimate of drug-likeness (QED) is 0.573. The van der Waals surface area contributed by atoms with Gasteiger partial charge in [0.2, 0.25) is 0 Å². The van der Waals surface area contributed by atoms with Crippen molar-refractivity contribution in [2.75, 3.05) is 18.5 Å². The Bertz CT molecular complexity index is 959. The fraction of sp³-hybridized carbons (Fsp3) is 0.182. The van der Waals surface area contributed by atoms with Crippen LogP contribution in [0.3, 0.4) is 0 Å². The van der Waals surface area contributed by atoms with Gasteiger partial charge < -0.3 is 15.4 Å². The maximum absolute atomic E-state index is 12.2. The first-order chi connectivity index (χ1) is 14.2. The van der Waals surface area contributed by atoms with Crippen LogP contribution in [0.15, 0.2) is 66.7 Å². The average Bonchev–Trinajstić information content (AvgIpc) is 2.75. The average molecular weight is 390 g/mol. The van der Waals surface area contributed by atoms with Crippen LogP contribution in [-0.4, -0.2) is 35.2 Å². The minimum atomic E-state index is -0.419. The lowest BCUT2D eigenvalue weighted by Crippen LogP contribution is -2.26. The zero-order valence-corrected chi connectivity index (χ0v) is 16.1. The SMILES string of the molecule is CCOC(=O)c1ccccc1Nc1ccc(C(=O)NCCc2ccccc2)nn1. The zero-order valence-electron chi connectivity index (χ0n) is 16.1. The molecule has 0 fully saturated rings. The minimum Gasteiger partial charge on any atom is -0.462 e. The molecule has 0 radical (unpaired) electrons. The predicted octanol–water partition coefficient (Wildman–Crippen LogP) is 3.37. The number of nitrogens with zero attached hydrogens (tertiary/aromatic N) is 2. The molecule has 0 saturated carbocycles. The van der Waals surface area contributed by atoms with Crippen LogP contribution in [0, 0.1) is 0 Å². The summed E-state index contributed by atoms with van der Waals surface area (Å²) >= 11 is 0. The van der Waals surface area contributed by atoms with Gasteiger partial charge in [-0.05, 0) is 43.2 Å². The summed E-state index contributed by atoms with van der Waals surface area (Å²) in [4.78, 5) is 24.3. The number of carbonyl (C=O) groups excluding carboxylic acids is 2. The highest BCUT2D eigenvalue weighted by molar-refractivity contribution is 5.96. The van der Waals surface area contributed by atoms with Crippen LogP contribution in [0.25, 0.3) is 0 Å². The van der Waals surface area contributed by atoms with E-state index in [2.05, 4.69) is 20.8 Å². The van der Waals surface area contributed by atoms with Gasteiger partial charge in [0.15, 0.2) is 11.5 Å². The molecule has 1 amide bonds. The molecule has 0 aliphatic heterocycles. The van der Waals surface area contributed by atoms with Gasteiger partial charge in [-0.15, -0.1) is 10.2 Å². The largest absolute Gasteiger partial charge is 0.462 e. The molecule has 7 nitrogen and oxygen atoms in total. The Balaban J connectivity index is 1.59. The summed E-state index contributed by atoms with van der Waals surface area (Å²) in [6, 6.07) is 20.1. The first kappa shape index (κ1) is 20.0. The lowest BCUT2D eigenvalue weighted by molar-refractivity contribution is 0.0527. The van der Waals surface area contributed by atoms with E-state index in [-0.39, 0.29) is 11.6 Å². The molecule has 148 valence electrons. The van der Waals surface area contributed by atoms with Gasteiger partial charge in [0.05, 0.1) is 17.9 Å². The molecule has 0 unspecified atom stereocenters. The van der Waals surface area contributed by atoms with E-state index in [1.807, 2.05) is 30.3 Å². The Hall–Kier alpha value is -3.74. The van der Waals surface area contributed by atoms with Crippen molar-refractivity contribution in [1.82, 2.24) is 15.5 Å². The third-order valence-electron chi connectivity index (χ3n) is 4.12. The van der Waals surface area contributed by atoms with Crippen molar-refractivity contribution in [3.05, 3.63) is 83.6 Å². The third-order valence-corrected chi connectivity index (χ3v) is 4.12. The number of nitrogens with one attached hydrogen (secondary N) is 2. The molecule has 29 heavy (non-hydrogen) atoms. The summed E-state index contributed by atoms with van der Waals surface area (Å²) in [7, 11) is 0. The Kier molecular flexibility index (Phi) is 6.89. The summed E-state index contributed by atoms with van der Waals surface area (Å²) in [5.74, 6) is -0.285. The van der Waals surface area contributed by atoms with E-state index in [4.69, 9.17) is 4.74 Å². The molecule has 0 atom stereocenters. The van der Waals surface area contributed by atoms with Crippen molar-refractivity contribution in [1.29, 1.82) is 0 Å². The van der Waals surface area contributed by atoms with Gasteiger partial charge in [-0.3, -0.25) is 4.79 Å². The summed E-state index contributed by atoms with van der Waals surface area (Å²) in [5, 5.41) is 13.9. The third kappa shape index (κ3) is 5.62. The van der Waals surface area contributed by atoms with Gasteiger partial charge in [0.25, 0.3) is 5.91 Å². The summed E-state index contributed by atoms with van der Waals surface area (Å²) in [5.41, 5.74) is 2.33. The number of amides is 1. The van der Waals surface area contributed by atoms with Crippen molar-refractivity contribution in [2.24, 2.45) is 0 Å². The minimum absolute atomic E-state index is 0.224. The Morgan fingerprint density at radius 1 is 0.931 bits per heavy atom. The Morgan fingerprint density at radius 3 is 2.41 bits per heavy atom. The van der Waals surface area contributed by atoms with Crippen LogP contribution in [-0.2, 0) is 11.2 Å². The molecular formula is C22H22N4O3. The van der Waals surface area contributed by atoms with Crippen LogP contribution < -0.4 is 10.6 Å². The van der Waals surface area contributed by atoms with Crippen molar-refractivity contribution < 1.29 is 14.3 Å². The van der Waals surface area contributed by atoms with Gasteiger partial charge in [-0.25, -0.2) is 4.79 Å². The smallest absolute Gasteiger partial charge is 0.340 e. The molecule has 0 aliphatic rings.